The van der Waals surface area contributed by atoms with Crippen molar-refractivity contribution >= 4 is 5.97 Å². The van der Waals surface area contributed by atoms with Gasteiger partial charge in [-0.05, 0) is 6.42 Å². The van der Waals surface area contributed by atoms with Crippen molar-refractivity contribution in [2.24, 2.45) is 0 Å². The van der Waals surface area contributed by atoms with E-state index in [1.807, 2.05) is 0 Å². The van der Waals surface area contributed by atoms with Crippen molar-refractivity contribution in [3.63, 3.8) is 0 Å². The summed E-state index contributed by atoms with van der Waals surface area (Å²) in [5, 5.41) is 79.5. The molecule has 0 aromatic rings. The van der Waals surface area contributed by atoms with Crippen LogP contribution in [-0.4, -0.2) is 122 Å². The third kappa shape index (κ3) is 13.8. The van der Waals surface area contributed by atoms with Crippen LogP contribution in [0.3, 0.4) is 0 Å². The van der Waals surface area contributed by atoms with Crippen LogP contribution in [0.5, 0.6) is 0 Å². The Morgan fingerprint density at radius 3 is 1.77 bits per heavy atom. The number of rotatable bonds is 23. The van der Waals surface area contributed by atoms with Crippen molar-refractivity contribution in [2.45, 2.75) is 152 Å². The Morgan fingerprint density at radius 1 is 0.750 bits per heavy atom. The molecule has 0 aromatic heterocycles. The lowest BCUT2D eigenvalue weighted by molar-refractivity contribution is -0.327. The summed E-state index contributed by atoms with van der Waals surface area (Å²) in [4.78, 5) is 12.1. The second-order valence-electron chi connectivity index (χ2n) is 10.8. The highest BCUT2D eigenvalue weighted by molar-refractivity contribution is 5.69. The zero-order valence-corrected chi connectivity index (χ0v) is 23.9. The van der Waals surface area contributed by atoms with E-state index in [0.717, 1.165) is 19.3 Å². The fraction of sp³-hybridized carbons (Fsp3) is 0.964. The van der Waals surface area contributed by atoms with E-state index in [1.54, 1.807) is 0 Å². The quantitative estimate of drug-likeness (QED) is 0.0604. The molecule has 1 aliphatic heterocycles. The van der Waals surface area contributed by atoms with Gasteiger partial charge in [-0.25, -0.2) is 0 Å². The Bertz CT molecular complexity index is 636. The van der Waals surface area contributed by atoms with E-state index in [0.29, 0.717) is 6.42 Å². The van der Waals surface area contributed by atoms with E-state index in [-0.39, 0.29) is 6.42 Å². The average molecular weight is 583 g/mol. The molecule has 12 heteroatoms. The molecule has 0 aliphatic carbocycles. The minimum atomic E-state index is -1.89. The minimum Gasteiger partial charge on any atom is -0.463 e. The molecule has 1 saturated heterocycles. The smallest absolute Gasteiger partial charge is 0.305 e. The van der Waals surface area contributed by atoms with Crippen LogP contribution in [0.1, 0.15) is 96.8 Å². The molecule has 0 amide bonds. The van der Waals surface area contributed by atoms with E-state index in [1.165, 1.54) is 57.8 Å². The summed E-state index contributed by atoms with van der Waals surface area (Å²) in [7, 11) is 0. The maximum absolute atomic E-state index is 12.1. The van der Waals surface area contributed by atoms with Crippen LogP contribution in [0.2, 0.25) is 0 Å². The standard InChI is InChI=1S/C28H54O12/c1-2-3-4-5-6-7-8-9-10-11-12-13-14-15-22(33)38-18-20(32)23(34)27(19(31)16-29)40-28-26(37)25(36)24(35)21(17-30)39-28/h19-21,23-32,34-37H,2-18H2,1H3/t19-,20+,21-,23-,24+,25+,26-,27-,28+/m1/s1. The van der Waals surface area contributed by atoms with Gasteiger partial charge >= 0.3 is 5.97 Å². The number of aliphatic hydroxyl groups is 8. The number of carbonyl (C=O) groups is 1. The van der Waals surface area contributed by atoms with E-state index < -0.39 is 80.9 Å². The molecule has 9 atom stereocenters. The number of ether oxygens (including phenoxy) is 3. The molecule has 0 bridgehead atoms. The van der Waals surface area contributed by atoms with Crippen LogP contribution in [0.25, 0.3) is 0 Å². The van der Waals surface area contributed by atoms with Gasteiger partial charge < -0.3 is 55.1 Å². The lowest BCUT2D eigenvalue weighted by Crippen LogP contribution is -2.61. The van der Waals surface area contributed by atoms with E-state index in [2.05, 4.69) is 6.92 Å². The lowest BCUT2D eigenvalue weighted by atomic mass is 9.98. The molecule has 1 fully saturated rings. The molecule has 0 saturated carbocycles. The van der Waals surface area contributed by atoms with Crippen LogP contribution in [0.4, 0.5) is 0 Å². The Hall–Kier alpha value is -0.930. The predicted octanol–water partition coefficient (Wildman–Crippen LogP) is 0.271. The molecule has 8 N–H and O–H groups in total. The number of aliphatic hydroxyl groups excluding tert-OH is 8. The van der Waals surface area contributed by atoms with Crippen molar-refractivity contribution in [1.29, 1.82) is 0 Å². The first-order valence-corrected chi connectivity index (χ1v) is 14.9. The SMILES string of the molecule is CCCCCCCCCCCCCCCC(=O)OC[C@H](O)[C@@H](O)[C@H](O[C@@H]1O[C@H](CO)[C@H](O)[C@H](O)[C@H]1O)[C@H](O)CO. The molecule has 0 unspecified atom stereocenters. The van der Waals surface area contributed by atoms with Crippen LogP contribution < -0.4 is 0 Å². The molecule has 0 aromatic carbocycles. The van der Waals surface area contributed by atoms with Crippen LogP contribution in [0, 0.1) is 0 Å². The molecule has 1 aliphatic rings. The molecule has 0 spiro atoms. The predicted molar refractivity (Wildman–Crippen MR) is 145 cm³/mol. The summed E-state index contributed by atoms with van der Waals surface area (Å²) in [5.41, 5.74) is 0. The molecular formula is C28H54O12. The summed E-state index contributed by atoms with van der Waals surface area (Å²) in [6, 6.07) is 0. The van der Waals surface area contributed by atoms with Gasteiger partial charge in [0, 0.05) is 6.42 Å². The number of unbranched alkanes of at least 4 members (excludes halogenated alkanes) is 12. The van der Waals surface area contributed by atoms with Crippen molar-refractivity contribution in [3.8, 4) is 0 Å². The second kappa shape index (κ2) is 21.7. The first-order valence-electron chi connectivity index (χ1n) is 14.9. The molecule has 238 valence electrons. The van der Waals surface area contributed by atoms with Crippen LogP contribution in [0.15, 0.2) is 0 Å². The first-order chi connectivity index (χ1) is 19.2. The Labute approximate surface area is 237 Å². The average Bonchev–Trinajstić information content (AvgIpc) is 2.95. The van der Waals surface area contributed by atoms with Gasteiger partial charge in [-0.1, -0.05) is 84.0 Å². The van der Waals surface area contributed by atoms with E-state index >= 15 is 0 Å². The van der Waals surface area contributed by atoms with Gasteiger partial charge in [0.2, 0.25) is 0 Å². The minimum absolute atomic E-state index is 0.157. The molecule has 0 radical (unpaired) electrons. The Morgan fingerprint density at radius 2 is 1.27 bits per heavy atom. The highest BCUT2D eigenvalue weighted by atomic mass is 16.7. The Balaban J connectivity index is 2.31. The number of hydrogen-bond acceptors (Lipinski definition) is 12. The maximum Gasteiger partial charge on any atom is 0.305 e. The zero-order valence-electron chi connectivity index (χ0n) is 23.9. The molecule has 40 heavy (non-hydrogen) atoms. The molecule has 12 nitrogen and oxygen atoms in total. The van der Waals surface area contributed by atoms with Gasteiger partial charge in [0.15, 0.2) is 6.29 Å². The lowest BCUT2D eigenvalue weighted by Gasteiger charge is -2.42. The number of carbonyl (C=O) groups excluding carboxylic acids is 1. The van der Waals surface area contributed by atoms with Crippen molar-refractivity contribution in [1.82, 2.24) is 0 Å². The summed E-state index contributed by atoms with van der Waals surface area (Å²) in [6.45, 7) is -0.00630. The van der Waals surface area contributed by atoms with Gasteiger partial charge in [-0.3, -0.25) is 4.79 Å². The first kappa shape index (κ1) is 37.1. The number of esters is 1. The monoisotopic (exact) mass is 582 g/mol. The van der Waals surface area contributed by atoms with E-state index in [4.69, 9.17) is 14.2 Å². The zero-order chi connectivity index (χ0) is 29.9. The summed E-state index contributed by atoms with van der Waals surface area (Å²) >= 11 is 0. The van der Waals surface area contributed by atoms with Gasteiger partial charge in [0.1, 0.15) is 55.4 Å². The summed E-state index contributed by atoms with van der Waals surface area (Å²) < 4.78 is 15.6. The third-order valence-corrected chi connectivity index (χ3v) is 7.34. The largest absolute Gasteiger partial charge is 0.463 e. The fourth-order valence-electron chi connectivity index (χ4n) is 4.69. The summed E-state index contributed by atoms with van der Waals surface area (Å²) in [6.07, 6.45) is 0.0747. The van der Waals surface area contributed by atoms with E-state index in [9.17, 15) is 45.6 Å². The fourth-order valence-corrected chi connectivity index (χ4v) is 4.69. The second-order valence-corrected chi connectivity index (χ2v) is 10.8. The number of hydrogen-bond donors (Lipinski definition) is 8. The topological polar surface area (TPSA) is 207 Å². The summed E-state index contributed by atoms with van der Waals surface area (Å²) in [5.74, 6) is -0.552. The maximum atomic E-state index is 12.1. The van der Waals surface area contributed by atoms with Crippen molar-refractivity contribution < 1.29 is 59.9 Å². The van der Waals surface area contributed by atoms with Crippen LogP contribution >= 0.6 is 0 Å². The molecular weight excluding hydrogens is 528 g/mol. The third-order valence-electron chi connectivity index (χ3n) is 7.34. The van der Waals surface area contributed by atoms with Crippen molar-refractivity contribution in [2.75, 3.05) is 19.8 Å². The molecule has 1 rings (SSSR count). The van der Waals surface area contributed by atoms with Crippen LogP contribution in [-0.2, 0) is 19.0 Å². The highest BCUT2D eigenvalue weighted by Gasteiger charge is 2.46. The van der Waals surface area contributed by atoms with Gasteiger partial charge in [-0.15, -0.1) is 0 Å². The van der Waals surface area contributed by atoms with Gasteiger partial charge in [0.25, 0.3) is 0 Å². The van der Waals surface area contributed by atoms with Crippen molar-refractivity contribution in [3.05, 3.63) is 0 Å². The van der Waals surface area contributed by atoms with Gasteiger partial charge in [0.05, 0.1) is 13.2 Å². The highest BCUT2D eigenvalue weighted by Crippen LogP contribution is 2.25. The normalized spacial score (nSPS) is 26.3. The van der Waals surface area contributed by atoms with Gasteiger partial charge in [-0.2, -0.15) is 0 Å². The Kier molecular flexibility index (Phi) is 20.1. The molecule has 1 heterocycles.